The van der Waals surface area contributed by atoms with Crippen molar-refractivity contribution in [3.05, 3.63) is 59.2 Å². The molecular weight excluding hydrogens is 334 g/mol. The van der Waals surface area contributed by atoms with Crippen molar-refractivity contribution in [1.29, 1.82) is 0 Å². The molecule has 0 fully saturated rings. The van der Waals surface area contributed by atoms with E-state index in [4.69, 9.17) is 4.74 Å². The Morgan fingerprint density at radius 2 is 1.96 bits per heavy atom. The first kappa shape index (κ1) is 17.5. The highest BCUT2D eigenvalue weighted by Crippen LogP contribution is 2.14. The Hall–Kier alpha value is -3.29. The summed E-state index contributed by atoms with van der Waals surface area (Å²) in [6, 6.07) is 9.51. The van der Waals surface area contributed by atoms with Crippen molar-refractivity contribution in [3.8, 4) is 0 Å². The fourth-order valence-electron chi connectivity index (χ4n) is 2.60. The number of nitrogens with one attached hydrogen (secondary N) is 1. The molecule has 8 heteroatoms. The standard InChI is InChI=1S/C18H19N5O3/c1-12-15(13(2)23-18(22-12)20-11-21-23)8-17(25)26-10-16(24)19-9-14-6-4-3-5-7-14/h3-7,11H,8-10H2,1-2H3,(H,19,24). The van der Waals surface area contributed by atoms with E-state index in [0.29, 0.717) is 18.0 Å². The van der Waals surface area contributed by atoms with Crippen molar-refractivity contribution < 1.29 is 14.3 Å². The van der Waals surface area contributed by atoms with E-state index in [0.717, 1.165) is 16.8 Å². The molecular formula is C18H19N5O3. The van der Waals surface area contributed by atoms with Gasteiger partial charge >= 0.3 is 5.97 Å². The summed E-state index contributed by atoms with van der Waals surface area (Å²) in [5.41, 5.74) is 3.16. The van der Waals surface area contributed by atoms with Gasteiger partial charge in [0.1, 0.15) is 6.33 Å². The van der Waals surface area contributed by atoms with E-state index in [1.54, 1.807) is 11.4 Å². The van der Waals surface area contributed by atoms with Gasteiger partial charge in [0.15, 0.2) is 6.61 Å². The molecule has 8 nitrogen and oxygen atoms in total. The molecule has 0 aliphatic carbocycles. The van der Waals surface area contributed by atoms with Crippen LogP contribution in [-0.2, 0) is 27.3 Å². The molecule has 0 aliphatic rings. The van der Waals surface area contributed by atoms with Crippen molar-refractivity contribution in [2.24, 2.45) is 0 Å². The molecule has 0 saturated carbocycles. The van der Waals surface area contributed by atoms with Gasteiger partial charge in [-0.3, -0.25) is 9.59 Å². The summed E-state index contributed by atoms with van der Waals surface area (Å²) in [7, 11) is 0. The summed E-state index contributed by atoms with van der Waals surface area (Å²) < 4.78 is 6.65. The number of hydrogen-bond acceptors (Lipinski definition) is 6. The summed E-state index contributed by atoms with van der Waals surface area (Å²) in [6.45, 7) is 3.72. The molecule has 0 radical (unpaired) electrons. The van der Waals surface area contributed by atoms with E-state index in [2.05, 4.69) is 20.4 Å². The minimum absolute atomic E-state index is 0.0203. The Balaban J connectivity index is 1.53. The molecule has 0 unspecified atom stereocenters. The van der Waals surface area contributed by atoms with Crippen LogP contribution in [0.3, 0.4) is 0 Å². The van der Waals surface area contributed by atoms with E-state index in [-0.39, 0.29) is 18.9 Å². The van der Waals surface area contributed by atoms with Crippen molar-refractivity contribution >= 4 is 17.7 Å². The first-order valence-corrected chi connectivity index (χ1v) is 8.16. The predicted octanol–water partition coefficient (Wildman–Crippen LogP) is 1.14. The van der Waals surface area contributed by atoms with E-state index < -0.39 is 5.97 Å². The van der Waals surface area contributed by atoms with Crippen LogP contribution in [0, 0.1) is 13.8 Å². The molecule has 2 heterocycles. The number of benzene rings is 1. The Bertz CT molecular complexity index is 937. The van der Waals surface area contributed by atoms with Crippen LogP contribution in [0.4, 0.5) is 0 Å². The van der Waals surface area contributed by atoms with Crippen LogP contribution < -0.4 is 5.32 Å². The molecule has 2 aromatic heterocycles. The molecule has 3 rings (SSSR count). The van der Waals surface area contributed by atoms with E-state index in [9.17, 15) is 9.59 Å². The molecule has 0 aliphatic heterocycles. The third kappa shape index (κ3) is 4.02. The number of aromatic nitrogens is 4. The van der Waals surface area contributed by atoms with Gasteiger partial charge in [-0.15, -0.1) is 0 Å². The fourth-order valence-corrected chi connectivity index (χ4v) is 2.60. The predicted molar refractivity (Wildman–Crippen MR) is 93.2 cm³/mol. The van der Waals surface area contributed by atoms with Gasteiger partial charge in [-0.25, -0.2) is 9.50 Å². The zero-order valence-corrected chi connectivity index (χ0v) is 14.6. The van der Waals surface area contributed by atoms with Crippen molar-refractivity contribution in [2.45, 2.75) is 26.8 Å². The second-order valence-electron chi connectivity index (χ2n) is 5.83. The lowest BCUT2D eigenvalue weighted by atomic mass is 10.1. The number of fused-ring (bicyclic) bond motifs is 1. The number of amides is 1. The molecule has 1 N–H and O–H groups in total. The average Bonchev–Trinajstić information content (AvgIpc) is 3.11. The Morgan fingerprint density at radius 1 is 1.19 bits per heavy atom. The maximum Gasteiger partial charge on any atom is 0.310 e. The number of carbonyl (C=O) groups is 2. The highest BCUT2D eigenvalue weighted by molar-refractivity contribution is 5.81. The number of aryl methyl sites for hydroxylation is 2. The van der Waals surface area contributed by atoms with Crippen molar-refractivity contribution in [2.75, 3.05) is 6.61 Å². The third-order valence-electron chi connectivity index (χ3n) is 4.01. The minimum atomic E-state index is -0.493. The Labute approximate surface area is 150 Å². The molecule has 26 heavy (non-hydrogen) atoms. The van der Waals surface area contributed by atoms with Crippen LogP contribution in [0.25, 0.3) is 5.78 Å². The summed E-state index contributed by atoms with van der Waals surface area (Å²) >= 11 is 0. The number of esters is 1. The summed E-state index contributed by atoms with van der Waals surface area (Å²) in [5.74, 6) is -0.356. The van der Waals surface area contributed by atoms with Crippen LogP contribution in [0.15, 0.2) is 36.7 Å². The van der Waals surface area contributed by atoms with E-state index >= 15 is 0 Å². The van der Waals surface area contributed by atoms with Crippen LogP contribution in [0.5, 0.6) is 0 Å². The van der Waals surface area contributed by atoms with Gasteiger partial charge in [0, 0.05) is 23.5 Å². The second-order valence-corrected chi connectivity index (χ2v) is 5.83. The van der Waals surface area contributed by atoms with Gasteiger partial charge in [0.25, 0.3) is 11.7 Å². The van der Waals surface area contributed by atoms with Gasteiger partial charge in [0.05, 0.1) is 6.42 Å². The monoisotopic (exact) mass is 353 g/mol. The van der Waals surface area contributed by atoms with Crippen molar-refractivity contribution in [3.63, 3.8) is 0 Å². The lowest BCUT2D eigenvalue weighted by Gasteiger charge is -2.10. The summed E-state index contributed by atoms with van der Waals surface area (Å²) in [4.78, 5) is 32.3. The summed E-state index contributed by atoms with van der Waals surface area (Å²) in [6.07, 6.45) is 1.43. The Kier molecular flexibility index (Phi) is 5.21. The first-order chi connectivity index (χ1) is 12.5. The number of rotatable bonds is 6. The zero-order valence-electron chi connectivity index (χ0n) is 14.6. The van der Waals surface area contributed by atoms with Gasteiger partial charge in [-0.1, -0.05) is 30.3 Å². The fraction of sp³-hybridized carbons (Fsp3) is 0.278. The Morgan fingerprint density at radius 3 is 2.73 bits per heavy atom. The lowest BCUT2D eigenvalue weighted by molar-refractivity contribution is -0.147. The average molecular weight is 353 g/mol. The molecule has 0 saturated heterocycles. The smallest absolute Gasteiger partial charge is 0.310 e. The molecule has 1 aromatic carbocycles. The van der Waals surface area contributed by atoms with Crippen LogP contribution >= 0.6 is 0 Å². The molecule has 1 amide bonds. The highest BCUT2D eigenvalue weighted by Gasteiger charge is 2.16. The van der Waals surface area contributed by atoms with E-state index in [1.807, 2.05) is 37.3 Å². The topological polar surface area (TPSA) is 98.5 Å². The molecule has 0 spiro atoms. The van der Waals surface area contributed by atoms with Crippen LogP contribution in [-0.4, -0.2) is 38.1 Å². The number of hydrogen-bond donors (Lipinski definition) is 1. The first-order valence-electron chi connectivity index (χ1n) is 8.16. The lowest BCUT2D eigenvalue weighted by Crippen LogP contribution is -2.28. The highest BCUT2D eigenvalue weighted by atomic mass is 16.5. The van der Waals surface area contributed by atoms with Gasteiger partial charge < -0.3 is 10.1 Å². The number of nitrogens with zero attached hydrogens (tertiary/aromatic N) is 4. The quantitative estimate of drug-likeness (QED) is 0.668. The second kappa shape index (κ2) is 7.73. The molecule has 0 atom stereocenters. The molecule has 0 bridgehead atoms. The van der Waals surface area contributed by atoms with Crippen LogP contribution in [0.1, 0.15) is 22.5 Å². The van der Waals surface area contributed by atoms with Gasteiger partial charge in [-0.05, 0) is 19.4 Å². The van der Waals surface area contributed by atoms with Gasteiger partial charge in [0.2, 0.25) is 0 Å². The van der Waals surface area contributed by atoms with Crippen LogP contribution in [0.2, 0.25) is 0 Å². The normalized spacial score (nSPS) is 10.7. The minimum Gasteiger partial charge on any atom is -0.455 e. The third-order valence-corrected chi connectivity index (χ3v) is 4.01. The molecule has 3 aromatic rings. The SMILES string of the molecule is Cc1nc2ncnn2c(C)c1CC(=O)OCC(=O)NCc1ccccc1. The maximum atomic E-state index is 12.1. The van der Waals surface area contributed by atoms with Gasteiger partial charge in [-0.2, -0.15) is 10.1 Å². The zero-order chi connectivity index (χ0) is 18.5. The molecule has 134 valence electrons. The largest absolute Gasteiger partial charge is 0.455 e. The maximum absolute atomic E-state index is 12.1. The number of ether oxygens (including phenoxy) is 1. The number of carbonyl (C=O) groups excluding carboxylic acids is 2. The van der Waals surface area contributed by atoms with Crippen molar-refractivity contribution in [1.82, 2.24) is 24.9 Å². The summed E-state index contributed by atoms with van der Waals surface area (Å²) in [5, 5.41) is 6.79. The van der Waals surface area contributed by atoms with E-state index in [1.165, 1.54) is 6.33 Å².